The number of hydrogen-bond donors (Lipinski definition) is 2. The topological polar surface area (TPSA) is 86.7 Å². The zero-order valence-corrected chi connectivity index (χ0v) is 15.3. The van der Waals surface area contributed by atoms with Gasteiger partial charge in [-0.05, 0) is 50.5 Å². The number of benzene rings is 1. The summed E-state index contributed by atoms with van der Waals surface area (Å²) in [6, 6.07) is 4.55. The predicted molar refractivity (Wildman–Crippen MR) is 92.7 cm³/mol. The van der Waals surface area contributed by atoms with E-state index >= 15 is 0 Å². The molecule has 7 heteroatoms. The second-order valence-electron chi connectivity index (χ2n) is 6.12. The lowest BCUT2D eigenvalue weighted by Gasteiger charge is -2.32. The SMILES string of the molecule is Cc1cc(Br)ccc1C(=O)N1CCCC(C(=O)N[C@@H](C)C(=O)O)C1. The van der Waals surface area contributed by atoms with Crippen LogP contribution in [0.2, 0.25) is 0 Å². The molecule has 1 aromatic carbocycles. The van der Waals surface area contributed by atoms with Crippen LogP contribution in [0.15, 0.2) is 22.7 Å². The van der Waals surface area contributed by atoms with E-state index in [1.807, 2.05) is 19.1 Å². The van der Waals surface area contributed by atoms with Gasteiger partial charge in [0.05, 0.1) is 5.92 Å². The van der Waals surface area contributed by atoms with Crippen molar-refractivity contribution in [3.63, 3.8) is 0 Å². The summed E-state index contributed by atoms with van der Waals surface area (Å²) >= 11 is 3.38. The van der Waals surface area contributed by atoms with Crippen LogP contribution >= 0.6 is 15.9 Å². The fourth-order valence-corrected chi connectivity index (χ4v) is 3.28. The zero-order valence-electron chi connectivity index (χ0n) is 13.7. The summed E-state index contributed by atoms with van der Waals surface area (Å²) in [7, 11) is 0. The molecule has 24 heavy (non-hydrogen) atoms. The standard InChI is InChI=1S/C17H21BrN2O4/c1-10-8-13(18)5-6-14(10)16(22)20-7-3-4-12(9-20)15(21)19-11(2)17(23)24/h5-6,8,11-12H,3-4,7,9H2,1-2H3,(H,19,21)(H,23,24)/t11-,12?/m0/s1. The van der Waals surface area contributed by atoms with E-state index in [-0.39, 0.29) is 17.7 Å². The molecule has 130 valence electrons. The monoisotopic (exact) mass is 396 g/mol. The summed E-state index contributed by atoms with van der Waals surface area (Å²) in [5.41, 5.74) is 1.50. The van der Waals surface area contributed by atoms with Crippen molar-refractivity contribution in [3.05, 3.63) is 33.8 Å². The Bertz CT molecular complexity index is 662. The van der Waals surface area contributed by atoms with E-state index in [1.54, 1.807) is 11.0 Å². The maximum absolute atomic E-state index is 12.7. The van der Waals surface area contributed by atoms with Crippen LogP contribution in [0.4, 0.5) is 0 Å². The average Bonchev–Trinajstić information content (AvgIpc) is 2.54. The van der Waals surface area contributed by atoms with E-state index in [0.717, 1.165) is 16.5 Å². The molecule has 0 spiro atoms. The van der Waals surface area contributed by atoms with Crippen LogP contribution in [0.25, 0.3) is 0 Å². The van der Waals surface area contributed by atoms with Gasteiger partial charge < -0.3 is 15.3 Å². The van der Waals surface area contributed by atoms with Crippen LogP contribution in [0.1, 0.15) is 35.7 Å². The molecule has 0 aromatic heterocycles. The molecule has 0 saturated carbocycles. The first-order valence-electron chi connectivity index (χ1n) is 7.88. The van der Waals surface area contributed by atoms with Crippen LogP contribution in [0, 0.1) is 12.8 Å². The molecule has 2 atom stereocenters. The summed E-state index contributed by atoms with van der Waals surface area (Å²) in [6.45, 7) is 4.22. The third-order valence-electron chi connectivity index (χ3n) is 4.23. The van der Waals surface area contributed by atoms with Gasteiger partial charge in [-0.25, -0.2) is 0 Å². The summed E-state index contributed by atoms with van der Waals surface area (Å²) in [6.07, 6.45) is 1.38. The largest absolute Gasteiger partial charge is 0.480 e. The maximum Gasteiger partial charge on any atom is 0.325 e. The number of nitrogens with one attached hydrogen (secondary N) is 1. The molecule has 2 rings (SSSR count). The van der Waals surface area contributed by atoms with E-state index in [1.165, 1.54) is 6.92 Å². The minimum Gasteiger partial charge on any atom is -0.480 e. The average molecular weight is 397 g/mol. The molecule has 0 aliphatic carbocycles. The molecular weight excluding hydrogens is 376 g/mol. The number of rotatable bonds is 4. The van der Waals surface area contributed by atoms with Gasteiger partial charge in [-0.15, -0.1) is 0 Å². The Morgan fingerprint density at radius 3 is 2.71 bits per heavy atom. The van der Waals surface area contributed by atoms with Gasteiger partial charge in [0.25, 0.3) is 5.91 Å². The summed E-state index contributed by atoms with van der Waals surface area (Å²) in [4.78, 5) is 37.5. The quantitative estimate of drug-likeness (QED) is 0.816. The number of carbonyl (C=O) groups is 3. The first kappa shape index (κ1) is 18.4. The van der Waals surface area contributed by atoms with Crippen molar-refractivity contribution in [2.45, 2.75) is 32.7 Å². The van der Waals surface area contributed by atoms with E-state index < -0.39 is 12.0 Å². The molecule has 0 bridgehead atoms. The Morgan fingerprint density at radius 1 is 1.38 bits per heavy atom. The van der Waals surface area contributed by atoms with E-state index in [9.17, 15) is 14.4 Å². The number of carbonyl (C=O) groups excluding carboxylic acids is 2. The Kier molecular flexibility index (Phi) is 5.99. The zero-order chi connectivity index (χ0) is 17.9. The second-order valence-corrected chi connectivity index (χ2v) is 7.03. The van der Waals surface area contributed by atoms with Crippen molar-refractivity contribution in [1.82, 2.24) is 10.2 Å². The van der Waals surface area contributed by atoms with Crippen LogP contribution < -0.4 is 5.32 Å². The lowest BCUT2D eigenvalue weighted by Crippen LogP contribution is -2.48. The third kappa shape index (κ3) is 4.35. The van der Waals surface area contributed by atoms with Gasteiger partial charge in [0.2, 0.25) is 5.91 Å². The number of halogens is 1. The smallest absolute Gasteiger partial charge is 0.325 e. The minimum atomic E-state index is -1.07. The van der Waals surface area contributed by atoms with Crippen LogP contribution in [0.3, 0.4) is 0 Å². The third-order valence-corrected chi connectivity index (χ3v) is 4.72. The van der Waals surface area contributed by atoms with Gasteiger partial charge in [0.1, 0.15) is 6.04 Å². The first-order chi connectivity index (χ1) is 11.3. The number of likely N-dealkylation sites (tertiary alicyclic amines) is 1. The van der Waals surface area contributed by atoms with Crippen LogP contribution in [-0.4, -0.2) is 46.9 Å². The molecule has 6 nitrogen and oxygen atoms in total. The molecule has 2 N–H and O–H groups in total. The minimum absolute atomic E-state index is 0.0937. The van der Waals surface area contributed by atoms with Gasteiger partial charge in [-0.3, -0.25) is 14.4 Å². The highest BCUT2D eigenvalue weighted by atomic mass is 79.9. The highest BCUT2D eigenvalue weighted by Gasteiger charge is 2.30. The highest BCUT2D eigenvalue weighted by Crippen LogP contribution is 2.22. The fourth-order valence-electron chi connectivity index (χ4n) is 2.81. The normalized spacial score (nSPS) is 18.8. The maximum atomic E-state index is 12.7. The van der Waals surface area contributed by atoms with Crippen molar-refractivity contribution in [3.8, 4) is 0 Å². The Hall–Kier alpha value is -1.89. The Labute approximate surface area is 149 Å². The first-order valence-corrected chi connectivity index (χ1v) is 8.67. The van der Waals surface area contributed by atoms with E-state index in [0.29, 0.717) is 25.1 Å². The second kappa shape index (κ2) is 7.79. The van der Waals surface area contributed by atoms with Gasteiger partial charge in [-0.2, -0.15) is 0 Å². The van der Waals surface area contributed by atoms with Gasteiger partial charge in [0, 0.05) is 23.1 Å². The summed E-state index contributed by atoms with van der Waals surface area (Å²) in [5, 5.41) is 11.4. The number of carboxylic acid groups (broad SMARTS) is 1. The Morgan fingerprint density at radius 2 is 2.08 bits per heavy atom. The van der Waals surface area contributed by atoms with Gasteiger partial charge in [-0.1, -0.05) is 15.9 Å². The van der Waals surface area contributed by atoms with E-state index in [4.69, 9.17) is 5.11 Å². The number of nitrogens with zero attached hydrogens (tertiary/aromatic N) is 1. The number of amides is 2. The predicted octanol–water partition coefficient (Wildman–Crippen LogP) is 2.20. The molecule has 0 radical (unpaired) electrons. The number of piperidine rings is 1. The van der Waals surface area contributed by atoms with Crippen molar-refractivity contribution in [1.29, 1.82) is 0 Å². The lowest BCUT2D eigenvalue weighted by molar-refractivity contribution is -0.142. The van der Waals surface area contributed by atoms with Gasteiger partial charge in [0.15, 0.2) is 0 Å². The summed E-state index contributed by atoms with van der Waals surface area (Å²) < 4.78 is 0.912. The molecule has 1 aromatic rings. The van der Waals surface area contributed by atoms with Crippen LogP contribution in [-0.2, 0) is 9.59 Å². The molecule has 1 heterocycles. The molecule has 2 amide bonds. The van der Waals surface area contributed by atoms with Crippen molar-refractivity contribution in [2.75, 3.05) is 13.1 Å². The number of hydrogen-bond acceptors (Lipinski definition) is 3. The Balaban J connectivity index is 2.05. The van der Waals surface area contributed by atoms with Crippen molar-refractivity contribution in [2.24, 2.45) is 5.92 Å². The van der Waals surface area contributed by atoms with Crippen molar-refractivity contribution >= 4 is 33.7 Å². The fraction of sp³-hybridized carbons (Fsp3) is 0.471. The lowest BCUT2D eigenvalue weighted by atomic mass is 9.95. The van der Waals surface area contributed by atoms with Crippen molar-refractivity contribution < 1.29 is 19.5 Å². The molecule has 1 unspecified atom stereocenters. The number of carboxylic acids is 1. The number of aliphatic carboxylic acids is 1. The highest BCUT2D eigenvalue weighted by molar-refractivity contribution is 9.10. The van der Waals surface area contributed by atoms with E-state index in [2.05, 4.69) is 21.2 Å². The van der Waals surface area contributed by atoms with Crippen LogP contribution in [0.5, 0.6) is 0 Å². The molecule has 1 aliphatic rings. The molecular formula is C17H21BrN2O4. The number of aryl methyl sites for hydroxylation is 1. The summed E-state index contributed by atoms with van der Waals surface area (Å²) in [5.74, 6) is -1.85. The van der Waals surface area contributed by atoms with Gasteiger partial charge >= 0.3 is 5.97 Å². The molecule has 1 fully saturated rings. The molecule has 1 saturated heterocycles. The molecule has 1 aliphatic heterocycles.